The third-order valence-electron chi connectivity index (χ3n) is 11.0. The Morgan fingerprint density at radius 3 is 2.70 bits per heavy atom. The molecule has 5 heteroatoms. The first-order valence-corrected chi connectivity index (χ1v) is 14.9. The number of thiazole rings is 1. The average Bonchev–Trinajstić information content (AvgIpc) is 3.48. The summed E-state index contributed by atoms with van der Waals surface area (Å²) in [6, 6.07) is 12.8. The van der Waals surface area contributed by atoms with E-state index in [0.717, 1.165) is 61.2 Å². The summed E-state index contributed by atoms with van der Waals surface area (Å²) in [5, 5.41) is 23.7. The normalized spacial score (nSPS) is 39.5. The van der Waals surface area contributed by atoms with E-state index in [9.17, 15) is 15.2 Å². The predicted molar refractivity (Wildman–Crippen MR) is 147 cm³/mol. The summed E-state index contributed by atoms with van der Waals surface area (Å²) in [4.78, 5) is 18.3. The van der Waals surface area contributed by atoms with Gasteiger partial charge in [0.25, 0.3) is 0 Å². The molecule has 4 nitrogen and oxygen atoms in total. The maximum Gasteiger partial charge on any atom is 0.133 e. The first-order valence-electron chi connectivity index (χ1n) is 14.0. The lowest BCUT2D eigenvalue weighted by molar-refractivity contribution is -0.129. The average molecular weight is 515 g/mol. The molecular formula is C32H38N2O2S. The van der Waals surface area contributed by atoms with Gasteiger partial charge in [0.1, 0.15) is 16.7 Å². The second kappa shape index (κ2) is 9.17. The molecule has 6 rings (SSSR count). The molecule has 9 atom stereocenters. The van der Waals surface area contributed by atoms with E-state index in [1.807, 2.05) is 18.2 Å². The Labute approximate surface area is 224 Å². The first-order chi connectivity index (χ1) is 17.8. The zero-order chi connectivity index (χ0) is 25.9. The third-order valence-corrected chi connectivity index (χ3v) is 12.0. The van der Waals surface area contributed by atoms with E-state index in [1.165, 1.54) is 5.57 Å². The van der Waals surface area contributed by atoms with Crippen LogP contribution < -0.4 is 0 Å². The molecule has 0 radical (unpaired) electrons. The number of aliphatic hydroxyl groups excluding tert-OH is 1. The highest BCUT2D eigenvalue weighted by Crippen LogP contribution is 2.68. The van der Waals surface area contributed by atoms with Crippen LogP contribution in [0.5, 0.6) is 0 Å². The number of benzene rings is 1. The standard InChI is InChI=1S/C32H38N2O2S/c1-19(35)29-24(25(17-33)30-34-28(18-37-30)20-7-5-4-6-8-20)16-27-23-10-9-21-15-22(36)11-13-31(21,2)26(23)12-14-32(27,29)3/h4-9,18,22-27,29,36H,10-16H2,1-3H3/t22-,23+,24-,25-,26+,27+,29+,31-,32-/m0/s1. The van der Waals surface area contributed by atoms with Crippen LogP contribution in [0.3, 0.4) is 0 Å². The van der Waals surface area contributed by atoms with Crippen LogP contribution in [0.2, 0.25) is 0 Å². The van der Waals surface area contributed by atoms with Crippen molar-refractivity contribution in [3.63, 3.8) is 0 Å². The number of allylic oxidation sites excluding steroid dienone is 1. The Bertz CT molecular complexity index is 1260. The quantitative estimate of drug-likeness (QED) is 0.439. The highest BCUT2D eigenvalue weighted by molar-refractivity contribution is 7.10. The molecule has 1 N–H and O–H groups in total. The molecule has 4 aliphatic carbocycles. The predicted octanol–water partition coefficient (Wildman–Crippen LogP) is 7.17. The molecule has 4 aliphatic rings. The van der Waals surface area contributed by atoms with Gasteiger partial charge in [-0.3, -0.25) is 4.79 Å². The van der Waals surface area contributed by atoms with Crippen molar-refractivity contribution in [3.05, 3.63) is 52.4 Å². The maximum atomic E-state index is 13.3. The Morgan fingerprint density at radius 1 is 1.19 bits per heavy atom. The number of Topliss-reactive ketones (excluding diaryl/α,β-unsaturated/α-hetero) is 1. The maximum absolute atomic E-state index is 13.3. The van der Waals surface area contributed by atoms with Gasteiger partial charge in [0.05, 0.1) is 17.9 Å². The molecule has 3 saturated carbocycles. The highest BCUT2D eigenvalue weighted by Gasteiger charge is 2.63. The molecular weight excluding hydrogens is 476 g/mol. The number of ketones is 1. The van der Waals surface area contributed by atoms with Crippen molar-refractivity contribution in [1.29, 1.82) is 5.26 Å². The smallest absolute Gasteiger partial charge is 0.133 e. The monoisotopic (exact) mass is 514 g/mol. The summed E-state index contributed by atoms with van der Waals surface area (Å²) >= 11 is 1.57. The lowest BCUT2D eigenvalue weighted by atomic mass is 9.47. The van der Waals surface area contributed by atoms with Crippen LogP contribution in [-0.4, -0.2) is 22.0 Å². The molecule has 0 saturated heterocycles. The van der Waals surface area contributed by atoms with Gasteiger partial charge in [-0.15, -0.1) is 11.3 Å². The Morgan fingerprint density at radius 2 is 1.97 bits per heavy atom. The molecule has 0 spiro atoms. The molecule has 194 valence electrons. The Hall–Kier alpha value is -2.29. The fraction of sp³-hybridized carbons (Fsp3) is 0.594. The van der Waals surface area contributed by atoms with E-state index >= 15 is 0 Å². The van der Waals surface area contributed by atoms with Gasteiger partial charge in [-0.25, -0.2) is 4.98 Å². The zero-order valence-electron chi connectivity index (χ0n) is 22.2. The van der Waals surface area contributed by atoms with Gasteiger partial charge < -0.3 is 5.11 Å². The van der Waals surface area contributed by atoms with Crippen molar-refractivity contribution in [3.8, 4) is 17.3 Å². The number of aromatic nitrogens is 1. The topological polar surface area (TPSA) is 74.0 Å². The summed E-state index contributed by atoms with van der Waals surface area (Å²) in [5.74, 6) is 1.39. The SMILES string of the molecule is CC(=O)[C@@H]1[C@H]([C@H](C#N)c2nc(-c3ccccc3)cs2)C[C@@H]2[C@@H]3CC=C4C[C@@H](O)CC[C@]4(C)[C@@H]3CC[C@@]21C. The molecule has 37 heavy (non-hydrogen) atoms. The summed E-state index contributed by atoms with van der Waals surface area (Å²) in [6.45, 7) is 6.56. The van der Waals surface area contributed by atoms with Crippen LogP contribution in [0.1, 0.15) is 76.6 Å². The molecule has 0 bridgehead atoms. The zero-order valence-corrected chi connectivity index (χ0v) is 23.0. The molecule has 0 unspecified atom stereocenters. The Balaban J connectivity index is 1.34. The van der Waals surface area contributed by atoms with Crippen molar-refractivity contribution in [2.24, 2.45) is 40.4 Å². The van der Waals surface area contributed by atoms with Gasteiger partial charge in [0.15, 0.2) is 0 Å². The largest absolute Gasteiger partial charge is 0.393 e. The minimum atomic E-state index is -0.354. The van der Waals surface area contributed by atoms with Crippen LogP contribution in [0.4, 0.5) is 0 Å². The molecule has 1 heterocycles. The third kappa shape index (κ3) is 3.86. The van der Waals surface area contributed by atoms with Crippen molar-refractivity contribution in [2.75, 3.05) is 0 Å². The number of rotatable bonds is 4. The molecule has 0 amide bonds. The minimum Gasteiger partial charge on any atom is -0.393 e. The number of carbonyl (C=O) groups excluding carboxylic acids is 1. The summed E-state index contributed by atoms with van der Waals surface area (Å²) in [7, 11) is 0. The van der Waals surface area contributed by atoms with Gasteiger partial charge >= 0.3 is 0 Å². The van der Waals surface area contributed by atoms with E-state index in [1.54, 1.807) is 18.3 Å². The summed E-state index contributed by atoms with van der Waals surface area (Å²) in [5.41, 5.74) is 3.55. The second-order valence-corrected chi connectivity index (χ2v) is 13.6. The number of fused-ring (bicyclic) bond motifs is 5. The van der Waals surface area contributed by atoms with Crippen molar-refractivity contribution in [2.45, 2.75) is 77.7 Å². The van der Waals surface area contributed by atoms with Crippen LogP contribution in [0, 0.1) is 51.8 Å². The lowest BCUT2D eigenvalue weighted by Gasteiger charge is -2.57. The number of nitrogens with zero attached hydrogens (tertiary/aromatic N) is 2. The van der Waals surface area contributed by atoms with Gasteiger partial charge in [-0.05, 0) is 86.4 Å². The van der Waals surface area contributed by atoms with Crippen LogP contribution >= 0.6 is 11.3 Å². The van der Waals surface area contributed by atoms with Crippen LogP contribution in [0.25, 0.3) is 11.3 Å². The molecule has 3 fully saturated rings. The van der Waals surface area contributed by atoms with Crippen molar-refractivity contribution in [1.82, 2.24) is 4.98 Å². The Kier molecular flexibility index (Phi) is 6.20. The van der Waals surface area contributed by atoms with E-state index in [0.29, 0.717) is 17.8 Å². The van der Waals surface area contributed by atoms with E-state index in [-0.39, 0.29) is 40.5 Å². The lowest BCUT2D eigenvalue weighted by Crippen LogP contribution is -2.51. The van der Waals surface area contributed by atoms with Gasteiger partial charge in [-0.1, -0.05) is 55.8 Å². The fourth-order valence-electron chi connectivity index (χ4n) is 9.34. The molecule has 0 aliphatic heterocycles. The number of hydrogen-bond donors (Lipinski definition) is 1. The number of hydrogen-bond acceptors (Lipinski definition) is 5. The van der Waals surface area contributed by atoms with E-state index in [2.05, 4.69) is 43.5 Å². The van der Waals surface area contributed by atoms with Crippen LogP contribution in [-0.2, 0) is 4.79 Å². The van der Waals surface area contributed by atoms with Gasteiger partial charge in [0, 0.05) is 16.9 Å². The van der Waals surface area contributed by atoms with Crippen LogP contribution in [0.15, 0.2) is 47.4 Å². The van der Waals surface area contributed by atoms with E-state index < -0.39 is 0 Å². The van der Waals surface area contributed by atoms with Gasteiger partial charge in [-0.2, -0.15) is 5.26 Å². The number of nitriles is 1. The van der Waals surface area contributed by atoms with Crippen molar-refractivity contribution < 1.29 is 9.90 Å². The second-order valence-electron chi connectivity index (χ2n) is 12.7. The molecule has 2 aromatic rings. The number of aliphatic hydroxyl groups is 1. The molecule has 1 aromatic heterocycles. The highest BCUT2D eigenvalue weighted by atomic mass is 32.1. The summed E-state index contributed by atoms with van der Waals surface area (Å²) < 4.78 is 0. The van der Waals surface area contributed by atoms with Gasteiger partial charge in [0.2, 0.25) is 0 Å². The van der Waals surface area contributed by atoms with E-state index in [4.69, 9.17) is 4.98 Å². The molecule has 1 aromatic carbocycles. The fourth-order valence-corrected chi connectivity index (χ4v) is 10.3. The minimum absolute atomic E-state index is 0.0115. The first kappa shape index (κ1) is 25.0. The summed E-state index contributed by atoms with van der Waals surface area (Å²) in [6.07, 6.45) is 9.20. The number of carbonyl (C=O) groups is 1. The van der Waals surface area contributed by atoms with Crippen molar-refractivity contribution >= 4 is 17.1 Å².